The lowest BCUT2D eigenvalue weighted by Crippen LogP contribution is -2.49. The first-order chi connectivity index (χ1) is 18.2. The first kappa shape index (κ1) is 28.6. The second-order valence-electron chi connectivity index (χ2n) is 7.81. The SMILES string of the molecule is CCOC(=O)[C@@H](CN(Cc1ccc(-c2cc(Cl)ccc2F)cc1)NC(=O)c1cc(OC)no1)OC(=O)CN. The summed E-state index contributed by atoms with van der Waals surface area (Å²) in [5.41, 5.74) is 9.50. The Bertz CT molecular complexity index is 1270. The molecule has 3 N–H and O–H groups in total. The predicted molar refractivity (Wildman–Crippen MR) is 133 cm³/mol. The summed E-state index contributed by atoms with van der Waals surface area (Å²) in [5.74, 6) is -2.86. The minimum Gasteiger partial charge on any atom is -0.479 e. The van der Waals surface area contributed by atoms with Crippen LogP contribution >= 0.6 is 11.6 Å². The van der Waals surface area contributed by atoms with Gasteiger partial charge in [-0.15, -0.1) is 0 Å². The number of nitrogens with two attached hydrogens (primary N) is 1. The molecular formula is C25H26ClFN4O7. The van der Waals surface area contributed by atoms with E-state index >= 15 is 0 Å². The molecule has 38 heavy (non-hydrogen) atoms. The van der Waals surface area contributed by atoms with E-state index in [1.54, 1.807) is 31.2 Å². The van der Waals surface area contributed by atoms with Gasteiger partial charge < -0.3 is 24.5 Å². The van der Waals surface area contributed by atoms with Crippen molar-refractivity contribution < 1.29 is 37.5 Å². The molecule has 11 nitrogen and oxygen atoms in total. The molecule has 0 unspecified atom stereocenters. The Hall–Kier alpha value is -4.00. The van der Waals surface area contributed by atoms with Crippen molar-refractivity contribution in [3.8, 4) is 17.0 Å². The summed E-state index contributed by atoms with van der Waals surface area (Å²) in [6.45, 7) is 0.946. The van der Waals surface area contributed by atoms with Gasteiger partial charge in [-0.1, -0.05) is 35.9 Å². The molecule has 0 spiro atoms. The van der Waals surface area contributed by atoms with Gasteiger partial charge in [-0.25, -0.2) is 14.2 Å². The molecule has 0 aliphatic carbocycles. The van der Waals surface area contributed by atoms with Gasteiger partial charge in [-0.05, 0) is 41.4 Å². The molecule has 0 saturated heterocycles. The Morgan fingerprint density at radius 2 is 1.92 bits per heavy atom. The largest absolute Gasteiger partial charge is 0.479 e. The van der Waals surface area contributed by atoms with E-state index in [9.17, 15) is 18.8 Å². The fourth-order valence-corrected chi connectivity index (χ4v) is 3.51. The van der Waals surface area contributed by atoms with Gasteiger partial charge in [0.25, 0.3) is 5.88 Å². The Kier molecular flexibility index (Phi) is 10.2. The zero-order valence-electron chi connectivity index (χ0n) is 20.6. The number of carbonyl (C=O) groups excluding carboxylic acids is 3. The van der Waals surface area contributed by atoms with Crippen molar-refractivity contribution >= 4 is 29.4 Å². The standard InChI is InChI=1S/C25H26ClFN4O7/c1-3-36-25(34)21(37-23(32)12-28)14-31(29-24(33)20-11-22(35-2)30-38-20)13-15-4-6-16(7-5-15)18-10-17(26)8-9-19(18)27/h4-11,21H,3,12-14,28H2,1-2H3,(H,29,33)/t21-/m1/s1. The highest BCUT2D eigenvalue weighted by molar-refractivity contribution is 6.30. The van der Waals surface area contributed by atoms with Crippen LogP contribution < -0.4 is 15.9 Å². The van der Waals surface area contributed by atoms with E-state index in [1.807, 2.05) is 0 Å². The summed E-state index contributed by atoms with van der Waals surface area (Å²) in [6, 6.07) is 12.3. The van der Waals surface area contributed by atoms with Gasteiger partial charge in [0.2, 0.25) is 11.9 Å². The molecule has 3 rings (SSSR count). The number of methoxy groups -OCH3 is 1. The van der Waals surface area contributed by atoms with Gasteiger partial charge in [0.15, 0.2) is 0 Å². The van der Waals surface area contributed by atoms with Crippen LogP contribution in [0, 0.1) is 5.82 Å². The van der Waals surface area contributed by atoms with Crippen LogP contribution in [0.5, 0.6) is 5.88 Å². The fraction of sp³-hybridized carbons (Fsp3) is 0.280. The van der Waals surface area contributed by atoms with Crippen molar-refractivity contribution in [1.29, 1.82) is 0 Å². The number of benzene rings is 2. The molecule has 0 fully saturated rings. The number of hydrogen-bond acceptors (Lipinski definition) is 10. The number of esters is 2. The normalized spacial score (nSPS) is 11.6. The lowest BCUT2D eigenvalue weighted by Gasteiger charge is -2.26. The highest BCUT2D eigenvalue weighted by Crippen LogP contribution is 2.26. The minimum atomic E-state index is -1.39. The highest BCUT2D eigenvalue weighted by atomic mass is 35.5. The summed E-state index contributed by atoms with van der Waals surface area (Å²) in [6.07, 6.45) is -1.39. The third-order valence-corrected chi connectivity index (χ3v) is 5.36. The number of carbonyl (C=O) groups is 3. The molecule has 1 atom stereocenters. The molecule has 0 aliphatic heterocycles. The van der Waals surface area contributed by atoms with Gasteiger partial charge in [0, 0.05) is 17.1 Å². The summed E-state index contributed by atoms with van der Waals surface area (Å²) < 4.78 is 34.3. The third kappa shape index (κ3) is 7.75. The van der Waals surface area contributed by atoms with E-state index in [0.717, 1.165) is 0 Å². The predicted octanol–water partition coefficient (Wildman–Crippen LogP) is 2.72. The molecular weight excluding hydrogens is 523 g/mol. The number of amides is 1. The van der Waals surface area contributed by atoms with E-state index in [1.165, 1.54) is 36.4 Å². The smallest absolute Gasteiger partial charge is 0.348 e. The first-order valence-corrected chi connectivity index (χ1v) is 11.8. The van der Waals surface area contributed by atoms with Gasteiger partial charge >= 0.3 is 17.8 Å². The lowest BCUT2D eigenvalue weighted by atomic mass is 10.0. The van der Waals surface area contributed by atoms with Crippen LogP contribution in [0.1, 0.15) is 23.0 Å². The number of halogens is 2. The van der Waals surface area contributed by atoms with Crippen LogP contribution in [0.3, 0.4) is 0 Å². The fourth-order valence-electron chi connectivity index (χ4n) is 3.34. The van der Waals surface area contributed by atoms with E-state index in [0.29, 0.717) is 21.7 Å². The Morgan fingerprint density at radius 1 is 1.18 bits per heavy atom. The Morgan fingerprint density at radius 3 is 2.55 bits per heavy atom. The third-order valence-electron chi connectivity index (χ3n) is 5.12. The van der Waals surface area contributed by atoms with Crippen molar-refractivity contribution in [3.63, 3.8) is 0 Å². The molecule has 2 aromatic carbocycles. The van der Waals surface area contributed by atoms with Crippen molar-refractivity contribution in [2.24, 2.45) is 5.73 Å². The van der Waals surface area contributed by atoms with Crippen LogP contribution in [0.2, 0.25) is 5.02 Å². The van der Waals surface area contributed by atoms with Gasteiger partial charge in [0.1, 0.15) is 5.82 Å². The van der Waals surface area contributed by atoms with Crippen LogP contribution in [0.4, 0.5) is 4.39 Å². The number of nitrogens with one attached hydrogen (secondary N) is 1. The van der Waals surface area contributed by atoms with Crippen molar-refractivity contribution in [2.45, 2.75) is 19.6 Å². The van der Waals surface area contributed by atoms with Gasteiger partial charge in [-0.2, -0.15) is 0 Å². The maximum Gasteiger partial charge on any atom is 0.348 e. The van der Waals surface area contributed by atoms with Gasteiger partial charge in [-0.3, -0.25) is 15.0 Å². The topological polar surface area (TPSA) is 146 Å². The molecule has 1 amide bonds. The van der Waals surface area contributed by atoms with Crippen molar-refractivity contribution in [1.82, 2.24) is 15.6 Å². The Labute approximate surface area is 222 Å². The maximum absolute atomic E-state index is 14.3. The van der Waals surface area contributed by atoms with E-state index in [-0.39, 0.29) is 31.3 Å². The second kappa shape index (κ2) is 13.5. The summed E-state index contributed by atoms with van der Waals surface area (Å²) in [7, 11) is 1.36. The van der Waals surface area contributed by atoms with E-state index < -0.39 is 36.3 Å². The van der Waals surface area contributed by atoms with E-state index in [4.69, 9.17) is 36.1 Å². The molecule has 202 valence electrons. The van der Waals surface area contributed by atoms with Crippen LogP contribution in [0.25, 0.3) is 11.1 Å². The molecule has 1 aromatic heterocycles. The number of hydrazine groups is 1. The second-order valence-corrected chi connectivity index (χ2v) is 8.25. The number of rotatable bonds is 12. The molecule has 13 heteroatoms. The van der Waals surface area contributed by atoms with Crippen LogP contribution in [-0.4, -0.2) is 60.9 Å². The molecule has 0 aliphatic rings. The summed E-state index contributed by atoms with van der Waals surface area (Å²) >= 11 is 6.00. The van der Waals surface area contributed by atoms with Crippen LogP contribution in [-0.2, 0) is 25.6 Å². The molecule has 1 heterocycles. The molecule has 3 aromatic rings. The van der Waals surface area contributed by atoms with E-state index in [2.05, 4.69) is 10.6 Å². The maximum atomic E-state index is 14.3. The van der Waals surface area contributed by atoms with Crippen molar-refractivity contribution in [2.75, 3.05) is 26.8 Å². The van der Waals surface area contributed by atoms with Gasteiger partial charge in [0.05, 0.1) is 32.9 Å². The van der Waals surface area contributed by atoms with Crippen molar-refractivity contribution in [3.05, 3.63) is 70.7 Å². The number of ether oxygens (including phenoxy) is 3. The summed E-state index contributed by atoms with van der Waals surface area (Å²) in [5, 5.41) is 5.31. The molecule has 0 bridgehead atoms. The number of nitrogens with zero attached hydrogens (tertiary/aromatic N) is 2. The van der Waals surface area contributed by atoms with Crippen LogP contribution in [0.15, 0.2) is 53.1 Å². The zero-order valence-corrected chi connectivity index (χ0v) is 21.4. The Balaban J connectivity index is 1.85. The molecule has 0 saturated carbocycles. The summed E-state index contributed by atoms with van der Waals surface area (Å²) in [4.78, 5) is 37.1. The molecule has 0 radical (unpaired) electrons. The monoisotopic (exact) mass is 548 g/mol. The zero-order chi connectivity index (χ0) is 27.7. The average Bonchev–Trinajstić information content (AvgIpc) is 3.40. The first-order valence-electron chi connectivity index (χ1n) is 11.4. The minimum absolute atomic E-state index is 0.0429. The quantitative estimate of drug-likeness (QED) is 0.256. The highest BCUT2D eigenvalue weighted by Gasteiger charge is 2.28. The average molecular weight is 549 g/mol. The number of hydrogen-bond donors (Lipinski definition) is 2. The number of aromatic nitrogens is 1. The lowest BCUT2D eigenvalue weighted by molar-refractivity contribution is -0.168.